The second-order valence-electron chi connectivity index (χ2n) is 7.15. The first-order chi connectivity index (χ1) is 12.2. The lowest BCUT2D eigenvalue weighted by atomic mass is 10.0. The largest absolute Gasteiger partial charge is 0.341 e. The zero-order valence-corrected chi connectivity index (χ0v) is 14.7. The molecule has 2 atom stereocenters. The maximum absolute atomic E-state index is 13.9. The number of H-pyrrole nitrogens is 1. The van der Waals surface area contributed by atoms with Crippen molar-refractivity contribution >= 4 is 16.9 Å². The van der Waals surface area contributed by atoms with E-state index < -0.39 is 0 Å². The van der Waals surface area contributed by atoms with Gasteiger partial charge in [0.25, 0.3) is 0 Å². The fourth-order valence-electron chi connectivity index (χ4n) is 4.50. The third-order valence-electron chi connectivity index (χ3n) is 5.65. The van der Waals surface area contributed by atoms with Crippen LogP contribution < -0.4 is 0 Å². The van der Waals surface area contributed by atoms with E-state index in [4.69, 9.17) is 0 Å². The molecule has 2 aliphatic heterocycles. The minimum absolute atomic E-state index is 0.264. The van der Waals surface area contributed by atoms with Crippen LogP contribution in [0.5, 0.6) is 0 Å². The van der Waals surface area contributed by atoms with Gasteiger partial charge in [0, 0.05) is 25.0 Å². The summed E-state index contributed by atoms with van der Waals surface area (Å²) in [5.74, 6) is 0.784. The average Bonchev–Trinajstić information content (AvgIpc) is 3.33. The van der Waals surface area contributed by atoms with Gasteiger partial charge in [-0.2, -0.15) is 0 Å². The smallest absolute Gasteiger partial charge is 0.222 e. The van der Waals surface area contributed by atoms with E-state index in [1.54, 1.807) is 6.07 Å². The number of rotatable bonds is 4. The number of hydrogen-bond acceptors (Lipinski definition) is 3. The number of nitrogens with one attached hydrogen (secondary N) is 1. The molecule has 2 saturated heterocycles. The SMILES string of the molecule is CCC(=O)N1CCC[C@H]1[C@H]1CCCN1Cc1nc2c(F)cccc2[nH]1. The van der Waals surface area contributed by atoms with E-state index in [1.807, 2.05) is 13.0 Å². The second-order valence-corrected chi connectivity index (χ2v) is 7.15. The average molecular weight is 344 g/mol. The molecule has 0 aliphatic carbocycles. The maximum Gasteiger partial charge on any atom is 0.222 e. The highest BCUT2D eigenvalue weighted by atomic mass is 19.1. The Hall–Kier alpha value is -1.95. The van der Waals surface area contributed by atoms with Crippen molar-refractivity contribution in [3.05, 3.63) is 29.8 Å². The van der Waals surface area contributed by atoms with Crippen molar-refractivity contribution in [1.29, 1.82) is 0 Å². The number of aromatic nitrogens is 2. The number of para-hydroxylation sites is 1. The van der Waals surface area contributed by atoms with Crippen LogP contribution in [-0.2, 0) is 11.3 Å². The van der Waals surface area contributed by atoms with Gasteiger partial charge in [-0.25, -0.2) is 9.37 Å². The summed E-state index contributed by atoms with van der Waals surface area (Å²) in [6.45, 7) is 4.52. The van der Waals surface area contributed by atoms with Gasteiger partial charge in [-0.15, -0.1) is 0 Å². The molecule has 1 aromatic carbocycles. The van der Waals surface area contributed by atoms with Crippen molar-refractivity contribution in [2.75, 3.05) is 13.1 Å². The molecule has 0 bridgehead atoms. The van der Waals surface area contributed by atoms with Gasteiger partial charge in [0.15, 0.2) is 5.82 Å². The molecule has 2 fully saturated rings. The lowest BCUT2D eigenvalue weighted by Crippen LogP contribution is -2.47. The molecule has 4 rings (SSSR count). The molecule has 0 unspecified atom stereocenters. The van der Waals surface area contributed by atoms with E-state index >= 15 is 0 Å². The summed E-state index contributed by atoms with van der Waals surface area (Å²) in [5.41, 5.74) is 1.16. The molecule has 6 heteroatoms. The molecule has 0 spiro atoms. The number of aromatic amines is 1. The van der Waals surface area contributed by atoms with Gasteiger partial charge < -0.3 is 9.88 Å². The number of carbonyl (C=O) groups is 1. The van der Waals surface area contributed by atoms with E-state index in [2.05, 4.69) is 19.8 Å². The van der Waals surface area contributed by atoms with E-state index in [-0.39, 0.29) is 11.7 Å². The van der Waals surface area contributed by atoms with Crippen LogP contribution in [-0.4, -0.2) is 50.8 Å². The number of amides is 1. The summed E-state index contributed by atoms with van der Waals surface area (Å²) in [4.78, 5) is 24.5. The van der Waals surface area contributed by atoms with Gasteiger partial charge in [0.2, 0.25) is 5.91 Å². The van der Waals surface area contributed by atoms with E-state index in [0.29, 0.717) is 30.6 Å². The molecular formula is C19H25FN4O. The van der Waals surface area contributed by atoms with Crippen LogP contribution in [0.3, 0.4) is 0 Å². The first-order valence-corrected chi connectivity index (χ1v) is 9.34. The fourth-order valence-corrected chi connectivity index (χ4v) is 4.50. The molecule has 25 heavy (non-hydrogen) atoms. The molecule has 3 heterocycles. The zero-order chi connectivity index (χ0) is 17.4. The molecule has 134 valence electrons. The van der Waals surface area contributed by atoms with Crippen LogP contribution in [0.15, 0.2) is 18.2 Å². The minimum atomic E-state index is -0.284. The van der Waals surface area contributed by atoms with Crippen LogP contribution in [0.25, 0.3) is 11.0 Å². The predicted octanol–water partition coefficient (Wildman–Crippen LogP) is 3.07. The third kappa shape index (κ3) is 3.03. The Morgan fingerprint density at radius 1 is 1.28 bits per heavy atom. The lowest BCUT2D eigenvalue weighted by Gasteiger charge is -2.34. The molecule has 1 aromatic heterocycles. The Bertz CT molecular complexity index is 774. The van der Waals surface area contributed by atoms with Crippen molar-refractivity contribution < 1.29 is 9.18 Å². The Balaban J connectivity index is 1.53. The Kier molecular flexibility index (Phi) is 4.46. The Morgan fingerprint density at radius 3 is 2.88 bits per heavy atom. The van der Waals surface area contributed by atoms with Crippen molar-refractivity contribution in [1.82, 2.24) is 19.8 Å². The monoisotopic (exact) mass is 344 g/mol. The number of hydrogen-bond donors (Lipinski definition) is 1. The van der Waals surface area contributed by atoms with E-state index in [0.717, 1.165) is 50.1 Å². The number of imidazole rings is 1. The number of nitrogens with zero attached hydrogens (tertiary/aromatic N) is 3. The first-order valence-electron chi connectivity index (χ1n) is 9.34. The molecular weight excluding hydrogens is 319 g/mol. The van der Waals surface area contributed by atoms with Crippen molar-refractivity contribution in [2.24, 2.45) is 0 Å². The normalized spacial score (nSPS) is 24.5. The number of likely N-dealkylation sites (tertiary alicyclic amines) is 2. The van der Waals surface area contributed by atoms with Gasteiger partial charge in [-0.1, -0.05) is 13.0 Å². The molecule has 2 aromatic rings. The summed E-state index contributed by atoms with van der Waals surface area (Å²) in [6, 6.07) is 5.70. The second kappa shape index (κ2) is 6.75. The molecule has 5 nitrogen and oxygen atoms in total. The Labute approximate surface area is 147 Å². The van der Waals surface area contributed by atoms with Crippen molar-refractivity contribution in [3.63, 3.8) is 0 Å². The van der Waals surface area contributed by atoms with Crippen LogP contribution in [0.2, 0.25) is 0 Å². The maximum atomic E-state index is 13.9. The van der Waals surface area contributed by atoms with Crippen molar-refractivity contribution in [2.45, 2.75) is 57.7 Å². The highest BCUT2D eigenvalue weighted by Gasteiger charge is 2.39. The summed E-state index contributed by atoms with van der Waals surface area (Å²) >= 11 is 0. The summed E-state index contributed by atoms with van der Waals surface area (Å²) in [7, 11) is 0. The first kappa shape index (κ1) is 16.5. The Morgan fingerprint density at radius 2 is 2.08 bits per heavy atom. The van der Waals surface area contributed by atoms with Gasteiger partial charge >= 0.3 is 0 Å². The van der Waals surface area contributed by atoms with Gasteiger partial charge in [-0.3, -0.25) is 9.69 Å². The number of halogens is 1. The number of carbonyl (C=O) groups excluding carboxylic acids is 1. The highest BCUT2D eigenvalue weighted by Crippen LogP contribution is 2.31. The fraction of sp³-hybridized carbons (Fsp3) is 0.579. The van der Waals surface area contributed by atoms with Crippen molar-refractivity contribution in [3.8, 4) is 0 Å². The van der Waals surface area contributed by atoms with E-state index in [1.165, 1.54) is 6.07 Å². The predicted molar refractivity (Wildman–Crippen MR) is 94.5 cm³/mol. The van der Waals surface area contributed by atoms with Gasteiger partial charge in [0.1, 0.15) is 11.3 Å². The highest BCUT2D eigenvalue weighted by molar-refractivity contribution is 5.76. The van der Waals surface area contributed by atoms with E-state index in [9.17, 15) is 9.18 Å². The number of benzene rings is 1. The van der Waals surface area contributed by atoms with Crippen LogP contribution in [0.1, 0.15) is 44.9 Å². The topological polar surface area (TPSA) is 52.2 Å². The lowest BCUT2D eigenvalue weighted by molar-refractivity contribution is -0.132. The van der Waals surface area contributed by atoms with Crippen LogP contribution in [0.4, 0.5) is 4.39 Å². The molecule has 0 radical (unpaired) electrons. The quantitative estimate of drug-likeness (QED) is 0.927. The molecule has 1 N–H and O–H groups in total. The summed E-state index contributed by atoms with van der Waals surface area (Å²) in [6.07, 6.45) is 5.01. The standard InChI is InChI=1S/C19H25FN4O/c1-2-18(25)24-11-5-9-16(24)15-8-4-10-23(15)12-17-21-14-7-3-6-13(20)19(14)22-17/h3,6-7,15-16H,2,4-5,8-12H2,1H3,(H,21,22)/t15-,16+/m1/s1. The third-order valence-corrected chi connectivity index (χ3v) is 5.65. The van der Waals surface area contributed by atoms with Crippen LogP contribution >= 0.6 is 0 Å². The van der Waals surface area contributed by atoms with Gasteiger partial charge in [-0.05, 0) is 44.4 Å². The summed E-state index contributed by atoms with van der Waals surface area (Å²) in [5, 5.41) is 0. The molecule has 2 aliphatic rings. The van der Waals surface area contributed by atoms with Crippen LogP contribution in [0, 0.1) is 5.82 Å². The molecule has 0 saturated carbocycles. The summed E-state index contributed by atoms with van der Waals surface area (Å²) < 4.78 is 13.9. The zero-order valence-electron chi connectivity index (χ0n) is 14.7. The number of fused-ring (bicyclic) bond motifs is 1. The molecule has 1 amide bonds. The minimum Gasteiger partial charge on any atom is -0.341 e. The van der Waals surface area contributed by atoms with Gasteiger partial charge in [0.05, 0.1) is 12.1 Å².